The summed E-state index contributed by atoms with van der Waals surface area (Å²) in [6.07, 6.45) is -0.609. The molecule has 0 spiro atoms. The van der Waals surface area contributed by atoms with Crippen molar-refractivity contribution in [3.8, 4) is 5.75 Å². The van der Waals surface area contributed by atoms with Crippen LogP contribution in [0, 0.1) is 0 Å². The molecule has 4 N–H and O–H groups in total. The van der Waals surface area contributed by atoms with Gasteiger partial charge in [0, 0.05) is 6.42 Å². The average Bonchev–Trinajstić information content (AvgIpc) is 2.34. The highest BCUT2D eigenvalue weighted by Crippen LogP contribution is 2.15. The lowest BCUT2D eigenvalue weighted by atomic mass is 10.1. The number of carboxylic acid groups (broad SMARTS) is 2. The topological polar surface area (TPSA) is 124 Å². The summed E-state index contributed by atoms with van der Waals surface area (Å²) in [5, 5.41) is 29.0. The van der Waals surface area contributed by atoms with Crippen LogP contribution in [0.1, 0.15) is 23.2 Å². The Morgan fingerprint density at radius 1 is 1.16 bits per heavy atom. The van der Waals surface area contributed by atoms with Crippen LogP contribution in [0.15, 0.2) is 24.3 Å². The van der Waals surface area contributed by atoms with Crippen molar-refractivity contribution in [3.05, 3.63) is 29.8 Å². The molecule has 1 amide bonds. The number of carbonyl (C=O) groups excluding carboxylic acids is 1. The van der Waals surface area contributed by atoms with E-state index < -0.39 is 23.9 Å². The van der Waals surface area contributed by atoms with Gasteiger partial charge < -0.3 is 20.6 Å². The van der Waals surface area contributed by atoms with Crippen molar-refractivity contribution in [1.82, 2.24) is 5.32 Å². The molecule has 1 aromatic rings. The van der Waals surface area contributed by atoms with E-state index in [0.717, 1.165) is 0 Å². The number of carboxylic acids is 2. The maximum atomic E-state index is 11.7. The lowest BCUT2D eigenvalue weighted by Crippen LogP contribution is -2.41. The number of phenolic OH excluding ortho intramolecular Hbond substituents is 1. The third-order valence-corrected chi connectivity index (χ3v) is 2.40. The minimum atomic E-state index is -1.33. The molecule has 0 aromatic heterocycles. The minimum absolute atomic E-state index is 0.0657. The number of hydrogen-bond acceptors (Lipinski definition) is 4. The Morgan fingerprint density at radius 2 is 1.79 bits per heavy atom. The van der Waals surface area contributed by atoms with E-state index in [0.29, 0.717) is 0 Å². The Morgan fingerprint density at radius 3 is 2.32 bits per heavy atom. The van der Waals surface area contributed by atoms with Crippen LogP contribution in [0.5, 0.6) is 5.75 Å². The number of benzene rings is 1. The van der Waals surface area contributed by atoms with Crippen molar-refractivity contribution >= 4 is 17.8 Å². The highest BCUT2D eigenvalue weighted by molar-refractivity contribution is 5.98. The summed E-state index contributed by atoms with van der Waals surface area (Å²) in [5.74, 6) is -3.52. The molecule has 7 nitrogen and oxygen atoms in total. The molecule has 19 heavy (non-hydrogen) atoms. The zero-order chi connectivity index (χ0) is 14.4. The zero-order valence-electron chi connectivity index (χ0n) is 9.87. The van der Waals surface area contributed by atoms with Crippen molar-refractivity contribution in [2.24, 2.45) is 0 Å². The molecular formula is C12H13NO6. The summed E-state index contributed by atoms with van der Waals surface area (Å²) in [6, 6.07) is 4.35. The van der Waals surface area contributed by atoms with Crippen molar-refractivity contribution in [1.29, 1.82) is 0 Å². The number of phenols is 1. The molecule has 102 valence electrons. The van der Waals surface area contributed by atoms with Crippen LogP contribution in [0.25, 0.3) is 0 Å². The first-order valence-electron chi connectivity index (χ1n) is 5.45. The molecule has 0 heterocycles. The molecule has 0 radical (unpaired) electrons. The van der Waals surface area contributed by atoms with E-state index in [1.165, 1.54) is 24.3 Å². The van der Waals surface area contributed by atoms with Crippen LogP contribution in [0.3, 0.4) is 0 Å². The molecule has 0 bridgehead atoms. The number of aliphatic carboxylic acids is 2. The number of nitrogens with one attached hydrogen (secondary N) is 1. The van der Waals surface area contributed by atoms with Gasteiger partial charge in [-0.2, -0.15) is 0 Å². The molecule has 1 aromatic carbocycles. The van der Waals surface area contributed by atoms with Gasteiger partial charge in [-0.25, -0.2) is 4.79 Å². The fraction of sp³-hybridized carbons (Fsp3) is 0.250. The predicted molar refractivity (Wildman–Crippen MR) is 63.9 cm³/mol. The Kier molecular flexibility index (Phi) is 4.87. The quantitative estimate of drug-likeness (QED) is 0.593. The Balaban J connectivity index is 2.74. The first-order chi connectivity index (χ1) is 8.91. The Labute approximate surface area is 108 Å². The van der Waals surface area contributed by atoms with Gasteiger partial charge in [-0.1, -0.05) is 12.1 Å². The molecular weight excluding hydrogens is 254 g/mol. The molecule has 0 saturated heterocycles. The highest BCUT2D eigenvalue weighted by Gasteiger charge is 2.22. The third-order valence-electron chi connectivity index (χ3n) is 2.40. The monoisotopic (exact) mass is 267 g/mol. The summed E-state index contributed by atoms with van der Waals surface area (Å²) in [6.45, 7) is 0. The molecule has 0 saturated carbocycles. The maximum absolute atomic E-state index is 11.7. The van der Waals surface area contributed by atoms with Gasteiger partial charge in [0.05, 0.1) is 5.56 Å². The zero-order valence-corrected chi connectivity index (χ0v) is 9.87. The number of rotatable bonds is 6. The molecule has 0 fully saturated rings. The van der Waals surface area contributed by atoms with Crippen LogP contribution in [-0.2, 0) is 9.59 Å². The summed E-state index contributed by atoms with van der Waals surface area (Å²) < 4.78 is 0. The van der Waals surface area contributed by atoms with Crippen molar-refractivity contribution < 1.29 is 29.7 Å². The van der Waals surface area contributed by atoms with Gasteiger partial charge in [-0.3, -0.25) is 9.59 Å². The van der Waals surface area contributed by atoms with Crippen molar-refractivity contribution in [2.75, 3.05) is 0 Å². The third kappa shape index (κ3) is 4.30. The second kappa shape index (κ2) is 6.39. The number of para-hydroxylation sites is 1. The lowest BCUT2D eigenvalue weighted by Gasteiger charge is -2.13. The lowest BCUT2D eigenvalue weighted by molar-refractivity contribution is -0.140. The molecule has 7 heteroatoms. The van der Waals surface area contributed by atoms with Gasteiger partial charge in [0.15, 0.2) is 0 Å². The van der Waals surface area contributed by atoms with Gasteiger partial charge in [0.25, 0.3) is 5.91 Å². The van der Waals surface area contributed by atoms with E-state index in [9.17, 15) is 19.5 Å². The second-order valence-corrected chi connectivity index (χ2v) is 3.81. The maximum Gasteiger partial charge on any atom is 0.326 e. The van der Waals surface area contributed by atoms with Crippen LogP contribution in [0.4, 0.5) is 0 Å². The first kappa shape index (κ1) is 14.5. The Bertz CT molecular complexity index is 499. The van der Waals surface area contributed by atoms with Gasteiger partial charge in [0.2, 0.25) is 0 Å². The largest absolute Gasteiger partial charge is 0.507 e. The van der Waals surface area contributed by atoms with E-state index in [1.54, 1.807) is 0 Å². The summed E-state index contributed by atoms with van der Waals surface area (Å²) in [5.41, 5.74) is -0.0657. The fourth-order valence-corrected chi connectivity index (χ4v) is 1.43. The van der Waals surface area contributed by atoms with Gasteiger partial charge in [-0.05, 0) is 18.6 Å². The van der Waals surface area contributed by atoms with Crippen LogP contribution in [0.2, 0.25) is 0 Å². The standard InChI is InChI=1S/C12H13NO6/c14-9-4-2-1-3-7(9)11(17)13-8(12(18)19)5-6-10(15)16/h1-4,8,14H,5-6H2,(H,13,17)(H,15,16)(H,18,19)/t8-/m1/s1. The van der Waals surface area contributed by atoms with Gasteiger partial charge >= 0.3 is 11.9 Å². The van der Waals surface area contributed by atoms with Crippen molar-refractivity contribution in [3.63, 3.8) is 0 Å². The SMILES string of the molecule is O=C(O)CC[C@@H](NC(=O)c1ccccc1O)C(=O)O. The van der Waals surface area contributed by atoms with Crippen LogP contribution >= 0.6 is 0 Å². The Hall–Kier alpha value is -2.57. The molecule has 1 atom stereocenters. The van der Waals surface area contributed by atoms with Crippen LogP contribution in [-0.4, -0.2) is 39.2 Å². The van der Waals surface area contributed by atoms with Gasteiger partial charge in [0.1, 0.15) is 11.8 Å². The smallest absolute Gasteiger partial charge is 0.326 e. The van der Waals surface area contributed by atoms with Crippen LogP contribution < -0.4 is 5.32 Å². The number of hydrogen-bond donors (Lipinski definition) is 4. The summed E-state index contributed by atoms with van der Waals surface area (Å²) in [7, 11) is 0. The predicted octanol–water partition coefficient (Wildman–Crippen LogP) is 0.440. The number of carbonyl (C=O) groups is 3. The first-order valence-corrected chi connectivity index (χ1v) is 5.45. The summed E-state index contributed by atoms with van der Waals surface area (Å²) in [4.78, 5) is 33.0. The molecule has 0 unspecified atom stereocenters. The fourth-order valence-electron chi connectivity index (χ4n) is 1.43. The molecule has 0 aliphatic carbocycles. The molecule has 1 rings (SSSR count). The van der Waals surface area contributed by atoms with Crippen molar-refractivity contribution in [2.45, 2.75) is 18.9 Å². The van der Waals surface area contributed by atoms with E-state index in [-0.39, 0.29) is 24.2 Å². The van der Waals surface area contributed by atoms with E-state index in [4.69, 9.17) is 10.2 Å². The van der Waals surface area contributed by atoms with E-state index in [2.05, 4.69) is 5.32 Å². The van der Waals surface area contributed by atoms with E-state index >= 15 is 0 Å². The molecule has 0 aliphatic rings. The van der Waals surface area contributed by atoms with E-state index in [1.807, 2.05) is 0 Å². The molecule has 0 aliphatic heterocycles. The highest BCUT2D eigenvalue weighted by atomic mass is 16.4. The number of amides is 1. The summed E-state index contributed by atoms with van der Waals surface area (Å²) >= 11 is 0. The normalized spacial score (nSPS) is 11.6. The van der Waals surface area contributed by atoms with Gasteiger partial charge in [-0.15, -0.1) is 0 Å². The average molecular weight is 267 g/mol. The number of aromatic hydroxyl groups is 1. The minimum Gasteiger partial charge on any atom is -0.507 e. The second-order valence-electron chi connectivity index (χ2n) is 3.81.